The molecule has 314 valence electrons. The molecule has 0 aliphatic carbocycles. The number of carbonyl (C=O) groups excluding carboxylic acids is 3. The van der Waals surface area contributed by atoms with E-state index >= 15 is 0 Å². The van der Waals surface area contributed by atoms with Crippen molar-refractivity contribution in [2.75, 3.05) is 13.2 Å². The summed E-state index contributed by atoms with van der Waals surface area (Å²) >= 11 is 0. The normalized spacial score (nSPS) is 12.1. The summed E-state index contributed by atoms with van der Waals surface area (Å²) in [5, 5.41) is 0. The largest absolute Gasteiger partial charge is 0.462 e. The predicted octanol–water partition coefficient (Wildman–Crippen LogP) is 14.6. The van der Waals surface area contributed by atoms with Crippen LogP contribution in [-0.4, -0.2) is 37.2 Å². The van der Waals surface area contributed by atoms with Crippen molar-refractivity contribution in [3.05, 3.63) is 0 Å². The molecule has 0 radical (unpaired) electrons. The maximum atomic E-state index is 12.7. The number of hydrogen-bond acceptors (Lipinski definition) is 6. The van der Waals surface area contributed by atoms with Gasteiger partial charge in [-0.3, -0.25) is 14.4 Å². The Hall–Kier alpha value is -1.59. The van der Waals surface area contributed by atoms with Gasteiger partial charge in [0.1, 0.15) is 13.2 Å². The van der Waals surface area contributed by atoms with E-state index in [0.717, 1.165) is 69.6 Å². The molecule has 0 aromatic carbocycles. The molecule has 0 fully saturated rings. The number of esters is 3. The van der Waals surface area contributed by atoms with Crippen LogP contribution in [0, 0.1) is 11.8 Å². The minimum Gasteiger partial charge on any atom is -0.462 e. The number of unbranched alkanes of at least 4 members (excludes halogenated alkanes) is 26. The van der Waals surface area contributed by atoms with Crippen LogP contribution in [-0.2, 0) is 28.6 Å². The lowest BCUT2D eigenvalue weighted by Gasteiger charge is -2.18. The second-order valence-electron chi connectivity index (χ2n) is 17.0. The summed E-state index contributed by atoms with van der Waals surface area (Å²) in [6.45, 7) is 11.2. The van der Waals surface area contributed by atoms with E-state index in [1.807, 2.05) is 0 Å². The zero-order valence-electron chi connectivity index (χ0n) is 36.1. The molecular weight excluding hydrogens is 661 g/mol. The monoisotopic (exact) mass is 751 g/mol. The summed E-state index contributed by atoms with van der Waals surface area (Å²) in [5.74, 6) is 0.698. The van der Waals surface area contributed by atoms with Crippen LogP contribution in [0.5, 0.6) is 0 Å². The van der Waals surface area contributed by atoms with Gasteiger partial charge in [-0.05, 0) is 31.1 Å². The molecule has 0 heterocycles. The lowest BCUT2D eigenvalue weighted by atomic mass is 10.0. The Morgan fingerprint density at radius 1 is 0.358 bits per heavy atom. The Morgan fingerprint density at radius 2 is 0.623 bits per heavy atom. The molecule has 0 aliphatic heterocycles. The maximum absolute atomic E-state index is 12.7. The summed E-state index contributed by atoms with van der Waals surface area (Å²) in [4.78, 5) is 37.7. The summed E-state index contributed by atoms with van der Waals surface area (Å²) in [6.07, 6.45) is 38.2. The van der Waals surface area contributed by atoms with Gasteiger partial charge in [0, 0.05) is 19.3 Å². The van der Waals surface area contributed by atoms with Crippen molar-refractivity contribution in [2.45, 2.75) is 259 Å². The predicted molar refractivity (Wildman–Crippen MR) is 224 cm³/mol. The van der Waals surface area contributed by atoms with Gasteiger partial charge in [-0.2, -0.15) is 0 Å². The lowest BCUT2D eigenvalue weighted by Crippen LogP contribution is -2.30. The van der Waals surface area contributed by atoms with E-state index in [4.69, 9.17) is 14.2 Å². The number of ether oxygens (including phenoxy) is 3. The zero-order valence-corrected chi connectivity index (χ0v) is 36.1. The second-order valence-corrected chi connectivity index (χ2v) is 17.0. The number of carbonyl (C=O) groups is 3. The summed E-state index contributed by atoms with van der Waals surface area (Å²) < 4.78 is 16.7. The van der Waals surface area contributed by atoms with Gasteiger partial charge in [-0.1, -0.05) is 214 Å². The molecule has 0 rings (SSSR count). The quantitative estimate of drug-likeness (QED) is 0.0352. The van der Waals surface area contributed by atoms with E-state index < -0.39 is 6.10 Å². The van der Waals surface area contributed by atoms with Gasteiger partial charge in [0.2, 0.25) is 0 Å². The van der Waals surface area contributed by atoms with Gasteiger partial charge in [0.15, 0.2) is 6.10 Å². The van der Waals surface area contributed by atoms with Crippen molar-refractivity contribution in [1.29, 1.82) is 0 Å². The molecule has 1 atom stereocenters. The highest BCUT2D eigenvalue weighted by molar-refractivity contribution is 5.71. The molecule has 0 unspecified atom stereocenters. The molecular formula is C47H90O6. The number of hydrogen-bond donors (Lipinski definition) is 0. The van der Waals surface area contributed by atoms with Crippen LogP contribution in [0.4, 0.5) is 0 Å². The Bertz CT molecular complexity index is 809. The van der Waals surface area contributed by atoms with Crippen LogP contribution >= 0.6 is 0 Å². The highest BCUT2D eigenvalue weighted by atomic mass is 16.6. The van der Waals surface area contributed by atoms with Crippen molar-refractivity contribution in [1.82, 2.24) is 0 Å². The summed E-state index contributed by atoms with van der Waals surface area (Å²) in [7, 11) is 0. The molecule has 0 aromatic rings. The fourth-order valence-electron chi connectivity index (χ4n) is 6.93. The van der Waals surface area contributed by atoms with E-state index in [1.54, 1.807) is 0 Å². The average molecular weight is 751 g/mol. The van der Waals surface area contributed by atoms with Gasteiger partial charge in [-0.25, -0.2) is 0 Å². The first-order chi connectivity index (χ1) is 25.7. The molecule has 0 spiro atoms. The zero-order chi connectivity index (χ0) is 39.0. The Balaban J connectivity index is 4.31. The molecule has 6 nitrogen and oxygen atoms in total. The van der Waals surface area contributed by atoms with Crippen LogP contribution in [0.1, 0.15) is 253 Å². The topological polar surface area (TPSA) is 78.9 Å². The fraction of sp³-hybridized carbons (Fsp3) is 0.936. The Kier molecular flexibility index (Phi) is 38.9. The first-order valence-corrected chi connectivity index (χ1v) is 23.2. The highest BCUT2D eigenvalue weighted by Crippen LogP contribution is 2.16. The summed E-state index contributed by atoms with van der Waals surface area (Å²) in [5.41, 5.74) is 0. The average Bonchev–Trinajstić information content (AvgIpc) is 3.12. The number of rotatable bonds is 41. The first kappa shape index (κ1) is 51.4. The highest BCUT2D eigenvalue weighted by Gasteiger charge is 2.19. The third-order valence-electron chi connectivity index (χ3n) is 10.5. The second kappa shape index (κ2) is 40.1. The third-order valence-corrected chi connectivity index (χ3v) is 10.5. The van der Waals surface area contributed by atoms with E-state index in [9.17, 15) is 14.4 Å². The molecule has 0 saturated heterocycles. The SMILES string of the molecule is CCCCCCCCCCCCCCCCCC(=O)O[C@H](COC(=O)CCCCCCCCCCC(C)C)COC(=O)CCCCCCCCC(C)C. The smallest absolute Gasteiger partial charge is 0.306 e. The molecule has 0 aliphatic rings. The van der Waals surface area contributed by atoms with Gasteiger partial charge in [-0.15, -0.1) is 0 Å². The van der Waals surface area contributed by atoms with Crippen LogP contribution in [0.2, 0.25) is 0 Å². The molecule has 6 heteroatoms. The van der Waals surface area contributed by atoms with Crippen molar-refractivity contribution < 1.29 is 28.6 Å². The van der Waals surface area contributed by atoms with Crippen molar-refractivity contribution in [2.24, 2.45) is 11.8 Å². The molecule has 53 heavy (non-hydrogen) atoms. The Morgan fingerprint density at radius 3 is 0.925 bits per heavy atom. The lowest BCUT2D eigenvalue weighted by molar-refractivity contribution is -0.167. The van der Waals surface area contributed by atoms with Crippen molar-refractivity contribution >= 4 is 17.9 Å². The third kappa shape index (κ3) is 41.4. The molecule has 0 amide bonds. The molecule has 0 bridgehead atoms. The molecule has 0 saturated carbocycles. The van der Waals surface area contributed by atoms with Crippen molar-refractivity contribution in [3.8, 4) is 0 Å². The fourth-order valence-corrected chi connectivity index (χ4v) is 6.93. The molecule has 0 N–H and O–H groups in total. The van der Waals surface area contributed by atoms with Crippen LogP contribution < -0.4 is 0 Å². The Labute approximate surface area is 329 Å². The van der Waals surface area contributed by atoms with E-state index in [1.165, 1.54) is 141 Å². The van der Waals surface area contributed by atoms with Crippen LogP contribution in [0.25, 0.3) is 0 Å². The minimum atomic E-state index is -0.761. The van der Waals surface area contributed by atoms with E-state index in [-0.39, 0.29) is 31.1 Å². The minimum absolute atomic E-state index is 0.0660. The van der Waals surface area contributed by atoms with E-state index in [0.29, 0.717) is 19.3 Å². The van der Waals surface area contributed by atoms with Gasteiger partial charge in [0.05, 0.1) is 0 Å². The van der Waals surface area contributed by atoms with Crippen LogP contribution in [0.15, 0.2) is 0 Å². The molecule has 0 aromatic heterocycles. The van der Waals surface area contributed by atoms with Gasteiger partial charge in [0.25, 0.3) is 0 Å². The summed E-state index contributed by atoms with van der Waals surface area (Å²) in [6, 6.07) is 0. The standard InChI is InChI=1S/C47H90O6/c1-6-7-8-9-10-11-12-13-14-15-16-17-22-29-34-39-47(50)53-44(41-52-46(49)38-33-28-24-23-26-31-36-43(4)5)40-51-45(48)37-32-27-21-19-18-20-25-30-35-42(2)3/h42-44H,6-41H2,1-5H3/t44-/m1/s1. The van der Waals surface area contributed by atoms with Gasteiger partial charge < -0.3 is 14.2 Å². The van der Waals surface area contributed by atoms with E-state index in [2.05, 4.69) is 34.6 Å². The van der Waals surface area contributed by atoms with Crippen LogP contribution in [0.3, 0.4) is 0 Å². The van der Waals surface area contributed by atoms with Gasteiger partial charge >= 0.3 is 17.9 Å². The maximum Gasteiger partial charge on any atom is 0.306 e. The first-order valence-electron chi connectivity index (χ1n) is 23.2. The van der Waals surface area contributed by atoms with Crippen molar-refractivity contribution in [3.63, 3.8) is 0 Å².